The summed E-state index contributed by atoms with van der Waals surface area (Å²) >= 11 is 0. The summed E-state index contributed by atoms with van der Waals surface area (Å²) in [5.74, 6) is -1.15. The van der Waals surface area contributed by atoms with Gasteiger partial charge in [-0.3, -0.25) is 10.5 Å². The van der Waals surface area contributed by atoms with E-state index in [1.165, 1.54) is 48.5 Å². The molecule has 0 aromatic heterocycles. The van der Waals surface area contributed by atoms with Gasteiger partial charge in [-0.05, 0) is 139 Å². The average Bonchev–Trinajstić information content (AvgIpc) is 3.35. The minimum Gasteiger partial charge on any atom is -0.396 e. The standard InChI is InChI=1S/C27H28F2N2O2.C27H26F2N2O.B.H2O2/c1-19(20-3-5-21(6-4-20)22-7-11-24(28)12-8-22)31-17-16-27(15-2-18-32,30-26(31)33)23-9-13-25(29)14-10-23;1-3-16-27(23-10-14-25(29)15-11-23)17-18-31(26(32)30-27)19(2)20-4-6-21(7-5-20)22-8-12-24(28)13-9-22;;1-2/h3-14,19,32H,2,15-18H2,1H3,(H,30,33);3-15,19H,1,16-18H2,2H3,(H,30,32);;1-2H/t2*19-,27-;;/m00../s1. The van der Waals surface area contributed by atoms with Crippen molar-refractivity contribution < 1.29 is 42.8 Å². The zero-order valence-corrected chi connectivity index (χ0v) is 38.1. The molecule has 9 nitrogen and oxygen atoms in total. The van der Waals surface area contributed by atoms with E-state index in [2.05, 4.69) is 17.2 Å². The summed E-state index contributed by atoms with van der Waals surface area (Å²) in [7, 11) is 0. The molecule has 0 saturated carbocycles. The van der Waals surface area contributed by atoms with Crippen molar-refractivity contribution in [3.63, 3.8) is 0 Å². The highest BCUT2D eigenvalue weighted by atomic mass is 19.1. The third-order valence-corrected chi connectivity index (χ3v) is 12.9. The third-order valence-electron chi connectivity index (χ3n) is 12.9. The van der Waals surface area contributed by atoms with E-state index in [1.54, 1.807) is 59.5 Å². The molecule has 0 bridgehead atoms. The minimum atomic E-state index is -0.629. The fourth-order valence-corrected chi connectivity index (χ4v) is 9.00. The molecule has 4 atom stereocenters. The molecule has 8 rings (SSSR count). The Balaban J connectivity index is 0.000000242. The van der Waals surface area contributed by atoms with Gasteiger partial charge in [0.2, 0.25) is 0 Å². The maximum Gasteiger partial charge on any atom is 0.318 e. The summed E-state index contributed by atoms with van der Waals surface area (Å²) in [4.78, 5) is 29.9. The molecule has 0 spiro atoms. The van der Waals surface area contributed by atoms with Crippen LogP contribution in [0.5, 0.6) is 0 Å². The maximum atomic E-state index is 13.5. The summed E-state index contributed by atoms with van der Waals surface area (Å²) in [5, 5.41) is 27.7. The van der Waals surface area contributed by atoms with Crippen LogP contribution in [-0.2, 0) is 11.1 Å². The number of aliphatic hydroxyl groups excluding tert-OH is 1. The Labute approximate surface area is 397 Å². The molecule has 3 radical (unpaired) electrons. The van der Waals surface area contributed by atoms with Crippen LogP contribution in [0, 0.1) is 23.3 Å². The summed E-state index contributed by atoms with van der Waals surface area (Å²) in [6, 6.07) is 40.6. The second-order valence-corrected chi connectivity index (χ2v) is 16.9. The molecule has 353 valence electrons. The first-order valence-electron chi connectivity index (χ1n) is 22.2. The predicted molar refractivity (Wildman–Crippen MR) is 259 cm³/mol. The van der Waals surface area contributed by atoms with Gasteiger partial charge in [0.1, 0.15) is 23.3 Å². The smallest absolute Gasteiger partial charge is 0.318 e. The number of hydrogen-bond acceptors (Lipinski definition) is 5. The first kappa shape index (κ1) is 52.2. The van der Waals surface area contributed by atoms with Crippen LogP contribution in [0.2, 0.25) is 0 Å². The average molecular weight is 928 g/mol. The normalized spacial score (nSPS) is 18.5. The van der Waals surface area contributed by atoms with Crippen molar-refractivity contribution in [2.24, 2.45) is 0 Å². The van der Waals surface area contributed by atoms with Gasteiger partial charge in [0.25, 0.3) is 0 Å². The molecule has 2 heterocycles. The Morgan fingerprint density at radius 3 is 1.21 bits per heavy atom. The number of nitrogens with zero attached hydrogens (tertiary/aromatic N) is 2. The molecule has 0 unspecified atom stereocenters. The van der Waals surface area contributed by atoms with Crippen LogP contribution in [0.15, 0.2) is 158 Å². The van der Waals surface area contributed by atoms with E-state index in [1.807, 2.05) is 67.3 Å². The van der Waals surface area contributed by atoms with E-state index in [-0.39, 0.29) is 62.4 Å². The summed E-state index contributed by atoms with van der Waals surface area (Å²) in [6.07, 6.45) is 4.82. The summed E-state index contributed by atoms with van der Waals surface area (Å²) in [6.45, 7) is 8.98. The Hall–Kier alpha value is -6.74. The molecule has 68 heavy (non-hydrogen) atoms. The number of hydrogen-bond donors (Lipinski definition) is 5. The highest BCUT2D eigenvalue weighted by Crippen LogP contribution is 2.38. The van der Waals surface area contributed by atoms with E-state index >= 15 is 0 Å². The van der Waals surface area contributed by atoms with E-state index < -0.39 is 11.1 Å². The predicted octanol–water partition coefficient (Wildman–Crippen LogP) is 12.0. The number of carbonyl (C=O) groups is 2. The van der Waals surface area contributed by atoms with Crippen molar-refractivity contribution in [1.82, 2.24) is 20.4 Å². The first-order chi connectivity index (χ1) is 32.3. The number of aliphatic hydroxyl groups is 1. The van der Waals surface area contributed by atoms with Gasteiger partial charge in [0, 0.05) is 28.1 Å². The maximum absolute atomic E-state index is 13.5. The number of urea groups is 2. The van der Waals surface area contributed by atoms with Gasteiger partial charge in [0.15, 0.2) is 0 Å². The van der Waals surface area contributed by atoms with E-state index in [9.17, 15) is 32.3 Å². The number of halogens is 4. The van der Waals surface area contributed by atoms with Gasteiger partial charge in [-0.2, -0.15) is 0 Å². The van der Waals surface area contributed by atoms with Gasteiger partial charge in [-0.25, -0.2) is 27.2 Å². The van der Waals surface area contributed by atoms with Crippen LogP contribution in [0.1, 0.15) is 80.3 Å². The van der Waals surface area contributed by atoms with Crippen molar-refractivity contribution in [3.8, 4) is 22.3 Å². The Morgan fingerprint density at radius 1 is 0.559 bits per heavy atom. The Kier molecular flexibility index (Phi) is 18.3. The number of benzene rings is 6. The van der Waals surface area contributed by atoms with Crippen LogP contribution in [-0.4, -0.2) is 65.6 Å². The van der Waals surface area contributed by atoms with Crippen molar-refractivity contribution in [1.29, 1.82) is 0 Å². The Morgan fingerprint density at radius 2 is 0.868 bits per heavy atom. The van der Waals surface area contributed by atoms with Crippen LogP contribution in [0.25, 0.3) is 22.3 Å². The molecule has 6 aromatic rings. The largest absolute Gasteiger partial charge is 0.396 e. The number of nitrogens with one attached hydrogen (secondary N) is 2. The summed E-state index contributed by atoms with van der Waals surface area (Å²) in [5.41, 5.74) is 6.37. The molecule has 5 N–H and O–H groups in total. The zero-order chi connectivity index (χ0) is 48.1. The van der Waals surface area contributed by atoms with Gasteiger partial charge in [-0.1, -0.05) is 103 Å². The number of amides is 4. The third kappa shape index (κ3) is 12.2. The van der Waals surface area contributed by atoms with Crippen molar-refractivity contribution >= 4 is 20.5 Å². The topological polar surface area (TPSA) is 125 Å². The van der Waals surface area contributed by atoms with E-state index in [4.69, 9.17) is 10.5 Å². The lowest BCUT2D eigenvalue weighted by molar-refractivity contribution is -0.176. The number of carbonyl (C=O) groups excluding carboxylic acids is 2. The lowest BCUT2D eigenvalue weighted by Gasteiger charge is -2.45. The Bertz CT molecular complexity index is 2550. The lowest BCUT2D eigenvalue weighted by Crippen LogP contribution is -2.58. The number of rotatable bonds is 13. The molecule has 14 heteroatoms. The van der Waals surface area contributed by atoms with Gasteiger partial charge in [0.05, 0.1) is 23.2 Å². The van der Waals surface area contributed by atoms with Crippen molar-refractivity contribution in [2.75, 3.05) is 19.7 Å². The molecular formula is C54H56BF4N4O5. The van der Waals surface area contributed by atoms with Gasteiger partial charge >= 0.3 is 12.1 Å². The molecule has 4 amide bonds. The quantitative estimate of drug-likeness (QED) is 0.0259. The molecular weight excluding hydrogens is 871 g/mol. The minimum absolute atomic E-state index is 0. The zero-order valence-electron chi connectivity index (χ0n) is 38.1. The molecule has 2 saturated heterocycles. The second kappa shape index (κ2) is 23.8. The first-order valence-corrected chi connectivity index (χ1v) is 22.2. The highest BCUT2D eigenvalue weighted by molar-refractivity contribution is 5.78. The molecule has 2 fully saturated rings. The van der Waals surface area contributed by atoms with Crippen molar-refractivity contribution in [3.05, 3.63) is 204 Å². The highest BCUT2D eigenvalue weighted by Gasteiger charge is 2.42. The summed E-state index contributed by atoms with van der Waals surface area (Å²) < 4.78 is 53.3. The fourth-order valence-electron chi connectivity index (χ4n) is 9.00. The van der Waals surface area contributed by atoms with Crippen molar-refractivity contribution in [2.45, 2.75) is 69.1 Å². The monoisotopic (exact) mass is 927 g/mol. The molecule has 2 aliphatic rings. The van der Waals surface area contributed by atoms with Crippen LogP contribution < -0.4 is 10.6 Å². The van der Waals surface area contributed by atoms with E-state index in [0.717, 1.165) is 44.5 Å². The van der Waals surface area contributed by atoms with E-state index in [0.29, 0.717) is 45.2 Å². The van der Waals surface area contributed by atoms with Crippen LogP contribution >= 0.6 is 0 Å². The lowest BCUT2D eigenvalue weighted by atomic mass is 9.81. The van der Waals surface area contributed by atoms with Crippen LogP contribution in [0.4, 0.5) is 27.2 Å². The SMILES string of the molecule is C=CC[C@@]1(c2ccc(F)cc2)CCN([C@@H](C)c2ccc(-c3ccc(F)cc3)cc2)C(=O)N1.C[C@@H](c1ccc(-c2ccc(F)cc2)cc1)N1CC[C@@](CCCO)(c2ccc(F)cc2)NC1=O.OO.[B]. The van der Waals surface area contributed by atoms with Crippen LogP contribution in [0.3, 0.4) is 0 Å². The van der Waals surface area contributed by atoms with Gasteiger partial charge < -0.3 is 25.5 Å². The molecule has 0 aliphatic carbocycles. The second-order valence-electron chi connectivity index (χ2n) is 16.9. The molecule has 6 aromatic carbocycles. The van der Waals surface area contributed by atoms with Gasteiger partial charge in [-0.15, -0.1) is 6.58 Å². The molecule has 2 aliphatic heterocycles. The fraction of sp³-hybridized carbons (Fsp3) is 0.259.